The van der Waals surface area contributed by atoms with Gasteiger partial charge in [-0.05, 0) is 53.5 Å². The molecule has 8 nitrogen and oxygen atoms in total. The molecule has 1 aromatic heterocycles. The van der Waals surface area contributed by atoms with Crippen LogP contribution in [-0.2, 0) is 32.1 Å². The minimum atomic E-state index is -0.785. The van der Waals surface area contributed by atoms with E-state index in [9.17, 15) is 14.4 Å². The van der Waals surface area contributed by atoms with Crippen LogP contribution in [0.4, 0.5) is 0 Å². The minimum Gasteiger partial charge on any atom is -0.469 e. The number of nitrogens with one attached hydrogen (secondary N) is 2. The maximum Gasteiger partial charge on any atom is 0.307 e. The second kappa shape index (κ2) is 14.4. The van der Waals surface area contributed by atoms with Gasteiger partial charge in [-0.25, -0.2) is 0 Å². The van der Waals surface area contributed by atoms with Crippen LogP contribution in [-0.4, -0.2) is 54.4 Å². The Morgan fingerprint density at radius 3 is 2.64 bits per heavy atom. The SMILES string of the molecule is CNC(=O)[C@H](CC1C=Cc2ccccc2C1)N(CCC(=O)OC)C(=O)/C(=C/C(C)C)NCc1cnc2ccccc2c1. The summed E-state index contributed by atoms with van der Waals surface area (Å²) in [5.74, 6) is -0.951. The van der Waals surface area contributed by atoms with E-state index in [1.807, 2.05) is 62.4 Å². The number of ether oxygens (including phenoxy) is 1. The number of hydrogen-bond donors (Lipinski definition) is 2. The Balaban J connectivity index is 1.60. The molecule has 1 unspecified atom stereocenters. The number of likely N-dealkylation sites (N-methyl/N-ethyl adjacent to an activating group) is 1. The molecule has 0 spiro atoms. The standard InChI is InChI=1S/C34H40N4O4/c1-23(2)17-30(37-22-25-19-28-11-7-8-12-29(28)36-21-25)34(41)38(16-15-32(39)42-4)31(33(40)35-3)20-24-13-14-26-9-5-6-10-27(26)18-24/h5-14,17,19,21,23-24,31,37H,15-16,18,20,22H2,1-4H3,(H,35,40)/b30-17-/t24?,31-/m0/s1. The van der Waals surface area contributed by atoms with Gasteiger partial charge in [0.15, 0.2) is 0 Å². The lowest BCUT2D eigenvalue weighted by molar-refractivity contribution is -0.144. The molecule has 2 atom stereocenters. The average molecular weight is 569 g/mol. The summed E-state index contributed by atoms with van der Waals surface area (Å²) in [6.45, 7) is 4.41. The molecule has 0 saturated carbocycles. The van der Waals surface area contributed by atoms with Crippen molar-refractivity contribution in [3.63, 3.8) is 0 Å². The molecule has 42 heavy (non-hydrogen) atoms. The van der Waals surface area contributed by atoms with E-state index in [4.69, 9.17) is 4.74 Å². The average Bonchev–Trinajstić information content (AvgIpc) is 3.01. The van der Waals surface area contributed by atoms with Gasteiger partial charge in [0.2, 0.25) is 5.91 Å². The lowest BCUT2D eigenvalue weighted by Gasteiger charge is -2.34. The molecule has 3 aromatic rings. The smallest absolute Gasteiger partial charge is 0.307 e. The Labute approximate surface area is 247 Å². The monoisotopic (exact) mass is 568 g/mol. The van der Waals surface area contributed by atoms with Crippen molar-refractivity contribution in [3.8, 4) is 0 Å². The molecular formula is C34H40N4O4. The van der Waals surface area contributed by atoms with Crippen LogP contribution in [0.25, 0.3) is 17.0 Å². The van der Waals surface area contributed by atoms with Crippen LogP contribution in [0.2, 0.25) is 0 Å². The zero-order valence-electron chi connectivity index (χ0n) is 24.8. The van der Waals surface area contributed by atoms with Gasteiger partial charge in [0, 0.05) is 31.7 Å². The van der Waals surface area contributed by atoms with Crippen molar-refractivity contribution in [1.82, 2.24) is 20.5 Å². The van der Waals surface area contributed by atoms with Crippen molar-refractivity contribution in [1.29, 1.82) is 0 Å². The van der Waals surface area contributed by atoms with Gasteiger partial charge < -0.3 is 20.3 Å². The highest BCUT2D eigenvalue weighted by Gasteiger charge is 2.34. The number of para-hydroxylation sites is 1. The summed E-state index contributed by atoms with van der Waals surface area (Å²) in [6.07, 6.45) is 9.00. The number of fused-ring (bicyclic) bond motifs is 2. The summed E-state index contributed by atoms with van der Waals surface area (Å²) in [6, 6.07) is 17.3. The van der Waals surface area contributed by atoms with E-state index in [0.29, 0.717) is 18.7 Å². The summed E-state index contributed by atoms with van der Waals surface area (Å²) in [4.78, 5) is 45.8. The van der Waals surface area contributed by atoms with Gasteiger partial charge in [-0.2, -0.15) is 0 Å². The summed E-state index contributed by atoms with van der Waals surface area (Å²) in [7, 11) is 2.89. The second-order valence-corrected chi connectivity index (χ2v) is 10.9. The molecular weight excluding hydrogens is 528 g/mol. The van der Waals surface area contributed by atoms with E-state index in [1.54, 1.807) is 13.2 Å². The molecule has 8 heteroatoms. The molecule has 0 bridgehead atoms. The van der Waals surface area contributed by atoms with Crippen LogP contribution >= 0.6 is 0 Å². The van der Waals surface area contributed by atoms with Crippen molar-refractivity contribution < 1.29 is 19.1 Å². The van der Waals surface area contributed by atoms with Gasteiger partial charge in [-0.3, -0.25) is 19.4 Å². The fourth-order valence-electron chi connectivity index (χ4n) is 5.28. The summed E-state index contributed by atoms with van der Waals surface area (Å²) < 4.78 is 4.88. The number of amides is 2. The van der Waals surface area contributed by atoms with Crippen molar-refractivity contribution in [2.75, 3.05) is 20.7 Å². The van der Waals surface area contributed by atoms with Crippen molar-refractivity contribution >= 4 is 34.8 Å². The Morgan fingerprint density at radius 2 is 1.88 bits per heavy atom. The Kier molecular flexibility index (Phi) is 10.5. The van der Waals surface area contributed by atoms with E-state index < -0.39 is 12.0 Å². The highest BCUT2D eigenvalue weighted by atomic mass is 16.5. The largest absolute Gasteiger partial charge is 0.469 e. The maximum atomic E-state index is 14.2. The Morgan fingerprint density at radius 1 is 1.12 bits per heavy atom. The number of allylic oxidation sites excluding steroid dienone is 2. The molecule has 4 rings (SSSR count). The minimum absolute atomic E-state index is 0.0252. The maximum absolute atomic E-state index is 14.2. The number of esters is 1. The lowest BCUT2D eigenvalue weighted by atomic mass is 9.85. The van der Waals surface area contributed by atoms with Crippen LogP contribution < -0.4 is 10.6 Å². The molecule has 220 valence electrons. The molecule has 0 aliphatic heterocycles. The number of carbonyl (C=O) groups is 3. The fraction of sp³-hybridized carbons (Fsp3) is 0.353. The zero-order chi connectivity index (χ0) is 30.1. The van der Waals surface area contributed by atoms with Crippen LogP contribution in [0.5, 0.6) is 0 Å². The van der Waals surface area contributed by atoms with E-state index in [0.717, 1.165) is 22.9 Å². The first-order chi connectivity index (χ1) is 20.3. The molecule has 1 heterocycles. The van der Waals surface area contributed by atoms with Crippen LogP contribution in [0.15, 0.2) is 78.6 Å². The normalized spacial score (nSPS) is 15.2. The topological polar surface area (TPSA) is 101 Å². The number of aromatic nitrogens is 1. The van der Waals surface area contributed by atoms with E-state index in [1.165, 1.54) is 23.1 Å². The Hall–Kier alpha value is -4.46. The number of nitrogens with zero attached hydrogens (tertiary/aromatic N) is 2. The van der Waals surface area contributed by atoms with Gasteiger partial charge in [-0.15, -0.1) is 0 Å². The second-order valence-electron chi connectivity index (χ2n) is 10.9. The highest BCUT2D eigenvalue weighted by molar-refractivity contribution is 5.97. The molecule has 0 radical (unpaired) electrons. The number of benzene rings is 2. The first-order valence-corrected chi connectivity index (χ1v) is 14.4. The molecule has 2 aromatic carbocycles. The quantitative estimate of drug-likeness (QED) is 0.244. The van der Waals surface area contributed by atoms with Crippen LogP contribution in [0, 0.1) is 11.8 Å². The first-order valence-electron chi connectivity index (χ1n) is 14.4. The van der Waals surface area contributed by atoms with Gasteiger partial charge in [0.25, 0.3) is 5.91 Å². The van der Waals surface area contributed by atoms with Crippen molar-refractivity contribution in [3.05, 3.63) is 95.3 Å². The predicted octanol–water partition coefficient (Wildman–Crippen LogP) is 4.65. The third-order valence-corrected chi connectivity index (χ3v) is 7.44. The van der Waals surface area contributed by atoms with Crippen LogP contribution in [0.3, 0.4) is 0 Å². The number of hydrogen-bond acceptors (Lipinski definition) is 6. The third-order valence-electron chi connectivity index (χ3n) is 7.44. The summed E-state index contributed by atoms with van der Waals surface area (Å²) >= 11 is 0. The lowest BCUT2D eigenvalue weighted by Crippen LogP contribution is -2.52. The first kappa shape index (κ1) is 30.5. The number of rotatable bonds is 12. The molecule has 2 N–H and O–H groups in total. The van der Waals surface area contributed by atoms with Crippen LogP contribution in [0.1, 0.15) is 43.4 Å². The van der Waals surface area contributed by atoms with Gasteiger partial charge >= 0.3 is 5.97 Å². The van der Waals surface area contributed by atoms with Crippen molar-refractivity contribution in [2.24, 2.45) is 11.8 Å². The molecule has 1 aliphatic carbocycles. The highest BCUT2D eigenvalue weighted by Crippen LogP contribution is 2.27. The zero-order valence-corrected chi connectivity index (χ0v) is 24.8. The molecule has 1 aliphatic rings. The van der Waals surface area contributed by atoms with E-state index in [-0.39, 0.29) is 36.6 Å². The molecule has 2 amide bonds. The van der Waals surface area contributed by atoms with Gasteiger partial charge in [0.05, 0.1) is 24.7 Å². The number of pyridine rings is 1. The molecule has 0 fully saturated rings. The van der Waals surface area contributed by atoms with Gasteiger partial charge in [0.1, 0.15) is 6.04 Å². The molecule has 0 saturated heterocycles. The fourth-order valence-corrected chi connectivity index (χ4v) is 5.28. The van der Waals surface area contributed by atoms with E-state index in [2.05, 4.69) is 39.9 Å². The number of carbonyl (C=O) groups excluding carboxylic acids is 3. The van der Waals surface area contributed by atoms with Crippen molar-refractivity contribution in [2.45, 2.75) is 45.7 Å². The third kappa shape index (κ3) is 7.84. The van der Waals surface area contributed by atoms with E-state index >= 15 is 0 Å². The predicted molar refractivity (Wildman–Crippen MR) is 165 cm³/mol. The Bertz CT molecular complexity index is 1480. The summed E-state index contributed by atoms with van der Waals surface area (Å²) in [5.41, 5.74) is 4.57. The number of methoxy groups -OCH3 is 1. The summed E-state index contributed by atoms with van der Waals surface area (Å²) in [5, 5.41) is 7.07. The van der Waals surface area contributed by atoms with Gasteiger partial charge in [-0.1, -0.05) is 74.5 Å².